The quantitative estimate of drug-likeness (QED) is 0.833. The van der Waals surface area contributed by atoms with Crippen LogP contribution in [0.3, 0.4) is 0 Å². The van der Waals surface area contributed by atoms with Crippen molar-refractivity contribution in [3.8, 4) is 0 Å². The fourth-order valence-corrected chi connectivity index (χ4v) is 2.83. The molecular weight excluding hydrogens is 248 g/mol. The summed E-state index contributed by atoms with van der Waals surface area (Å²) in [5.41, 5.74) is 11.8. The van der Waals surface area contributed by atoms with Gasteiger partial charge in [-0.25, -0.2) is 0 Å². The van der Waals surface area contributed by atoms with E-state index in [4.69, 9.17) is 5.73 Å². The van der Waals surface area contributed by atoms with Gasteiger partial charge in [-0.2, -0.15) is 0 Å². The Morgan fingerprint density at radius 1 is 1.35 bits per heavy atom. The summed E-state index contributed by atoms with van der Waals surface area (Å²) in [5, 5.41) is 1.17. The third-order valence-corrected chi connectivity index (χ3v) is 3.98. The van der Waals surface area contributed by atoms with Crippen molar-refractivity contribution >= 4 is 22.3 Å². The van der Waals surface area contributed by atoms with Crippen LogP contribution in [0, 0.1) is 0 Å². The minimum atomic E-state index is 0.842. The van der Waals surface area contributed by atoms with Crippen molar-refractivity contribution in [3.63, 3.8) is 0 Å². The smallest absolute Gasteiger partial charge is 0.0473 e. The number of likely N-dealkylation sites (tertiary alicyclic amines) is 1. The van der Waals surface area contributed by atoms with Crippen LogP contribution >= 0.6 is 0 Å². The van der Waals surface area contributed by atoms with Crippen LogP contribution in [0.25, 0.3) is 16.6 Å². The Kier molecular flexibility index (Phi) is 3.32. The van der Waals surface area contributed by atoms with Crippen LogP contribution in [0.5, 0.6) is 0 Å². The highest BCUT2D eigenvalue weighted by molar-refractivity contribution is 6.09. The van der Waals surface area contributed by atoms with Crippen LogP contribution in [0.4, 0.5) is 0 Å². The van der Waals surface area contributed by atoms with Gasteiger partial charge in [-0.05, 0) is 13.1 Å². The number of hydrogen-bond acceptors (Lipinski definition) is 3. The van der Waals surface area contributed by atoms with E-state index in [0.717, 1.165) is 47.6 Å². The standard InChI is InChI=1S/C16H20N4/c1-18-14-7-8-20(2)10-13(14)16(17)12-9-19-15-6-4-3-5-11(12)15/h3-6,9,19H,7-8,10,17H2,1-2H3. The predicted octanol–water partition coefficient (Wildman–Crippen LogP) is 2.24. The maximum Gasteiger partial charge on any atom is 0.0473 e. The zero-order chi connectivity index (χ0) is 14.1. The summed E-state index contributed by atoms with van der Waals surface area (Å²) in [6, 6.07) is 8.24. The highest BCUT2D eigenvalue weighted by Crippen LogP contribution is 2.26. The van der Waals surface area contributed by atoms with Gasteiger partial charge in [0.1, 0.15) is 0 Å². The molecule has 2 heterocycles. The van der Waals surface area contributed by atoms with Crippen LogP contribution < -0.4 is 5.73 Å². The molecule has 0 unspecified atom stereocenters. The molecule has 4 nitrogen and oxygen atoms in total. The summed E-state index contributed by atoms with van der Waals surface area (Å²) >= 11 is 0. The molecule has 1 aliphatic heterocycles. The van der Waals surface area contributed by atoms with E-state index >= 15 is 0 Å². The normalized spacial score (nSPS) is 21.6. The molecule has 1 fully saturated rings. The number of H-pyrrole nitrogens is 1. The van der Waals surface area contributed by atoms with Gasteiger partial charge in [0.25, 0.3) is 0 Å². The van der Waals surface area contributed by atoms with Crippen LogP contribution in [0.15, 0.2) is 41.0 Å². The number of aromatic amines is 1. The van der Waals surface area contributed by atoms with E-state index in [-0.39, 0.29) is 0 Å². The fourth-order valence-electron chi connectivity index (χ4n) is 2.83. The van der Waals surface area contributed by atoms with E-state index < -0.39 is 0 Å². The lowest BCUT2D eigenvalue weighted by molar-refractivity contribution is 0.365. The van der Waals surface area contributed by atoms with Crippen molar-refractivity contribution in [1.82, 2.24) is 9.88 Å². The zero-order valence-corrected chi connectivity index (χ0v) is 12.0. The Labute approximate surface area is 119 Å². The number of piperidine rings is 1. The van der Waals surface area contributed by atoms with E-state index in [1.165, 1.54) is 5.39 Å². The van der Waals surface area contributed by atoms with Gasteiger partial charge >= 0.3 is 0 Å². The molecule has 1 aliphatic rings. The van der Waals surface area contributed by atoms with Crippen LogP contribution in [-0.4, -0.2) is 42.8 Å². The van der Waals surface area contributed by atoms with Gasteiger partial charge in [0.15, 0.2) is 0 Å². The molecule has 0 amide bonds. The summed E-state index contributed by atoms with van der Waals surface area (Å²) in [6.45, 7) is 1.90. The number of nitrogens with one attached hydrogen (secondary N) is 1. The summed E-state index contributed by atoms with van der Waals surface area (Å²) in [5.74, 6) is 0. The molecule has 1 saturated heterocycles. The van der Waals surface area contributed by atoms with Crippen molar-refractivity contribution in [2.24, 2.45) is 10.7 Å². The van der Waals surface area contributed by atoms with E-state index in [9.17, 15) is 0 Å². The molecule has 3 N–H and O–H groups in total. The molecule has 0 spiro atoms. The minimum Gasteiger partial charge on any atom is -0.398 e. The Balaban J connectivity index is 2.14. The lowest BCUT2D eigenvalue weighted by Crippen LogP contribution is -2.34. The summed E-state index contributed by atoms with van der Waals surface area (Å²) in [7, 11) is 3.97. The second kappa shape index (κ2) is 5.13. The zero-order valence-electron chi connectivity index (χ0n) is 12.0. The van der Waals surface area contributed by atoms with Crippen molar-refractivity contribution in [1.29, 1.82) is 0 Å². The molecular formula is C16H20N4. The van der Waals surface area contributed by atoms with Gasteiger partial charge in [0, 0.05) is 66.2 Å². The summed E-state index contributed by atoms with van der Waals surface area (Å²) < 4.78 is 0. The summed E-state index contributed by atoms with van der Waals surface area (Å²) in [4.78, 5) is 9.98. The van der Waals surface area contributed by atoms with Crippen molar-refractivity contribution in [3.05, 3.63) is 41.6 Å². The van der Waals surface area contributed by atoms with Gasteiger partial charge in [-0.3, -0.25) is 4.99 Å². The fraction of sp³-hybridized carbons (Fsp3) is 0.312. The van der Waals surface area contributed by atoms with Crippen LogP contribution in [0.1, 0.15) is 12.0 Å². The molecule has 4 heteroatoms. The lowest BCUT2D eigenvalue weighted by atomic mass is 9.97. The largest absolute Gasteiger partial charge is 0.398 e. The second-order valence-corrected chi connectivity index (χ2v) is 5.30. The Morgan fingerprint density at radius 3 is 2.95 bits per heavy atom. The van der Waals surface area contributed by atoms with E-state index in [1.807, 2.05) is 25.4 Å². The average Bonchev–Trinajstić information content (AvgIpc) is 2.90. The van der Waals surface area contributed by atoms with Gasteiger partial charge in [-0.1, -0.05) is 18.2 Å². The molecule has 0 bridgehead atoms. The molecule has 0 atom stereocenters. The van der Waals surface area contributed by atoms with Crippen molar-refractivity contribution < 1.29 is 0 Å². The number of fused-ring (bicyclic) bond motifs is 1. The van der Waals surface area contributed by atoms with Crippen LogP contribution in [-0.2, 0) is 0 Å². The number of likely N-dealkylation sites (N-methyl/N-ethyl adjacent to an activating group) is 1. The molecule has 0 aliphatic carbocycles. The SMILES string of the molecule is CN=C1CCN(C)CC1=C(N)c1c[nH]c2ccccc12. The van der Waals surface area contributed by atoms with Gasteiger partial charge in [0.2, 0.25) is 0 Å². The molecule has 1 aromatic carbocycles. The number of benzene rings is 1. The molecule has 104 valence electrons. The van der Waals surface area contributed by atoms with E-state index in [1.54, 1.807) is 0 Å². The highest BCUT2D eigenvalue weighted by Gasteiger charge is 2.21. The number of nitrogens with zero attached hydrogens (tertiary/aromatic N) is 2. The first-order valence-corrected chi connectivity index (χ1v) is 6.90. The highest BCUT2D eigenvalue weighted by atomic mass is 15.1. The topological polar surface area (TPSA) is 57.4 Å². The average molecular weight is 268 g/mol. The maximum atomic E-state index is 6.46. The minimum absolute atomic E-state index is 0.842. The molecule has 0 radical (unpaired) electrons. The molecule has 1 aromatic heterocycles. The number of hydrogen-bond donors (Lipinski definition) is 2. The maximum absolute atomic E-state index is 6.46. The number of aliphatic imine (C=N–C) groups is 1. The van der Waals surface area contributed by atoms with E-state index in [0.29, 0.717) is 0 Å². The van der Waals surface area contributed by atoms with E-state index in [2.05, 4.69) is 34.1 Å². The monoisotopic (exact) mass is 268 g/mol. The number of aromatic nitrogens is 1. The van der Waals surface area contributed by atoms with Crippen molar-refractivity contribution in [2.45, 2.75) is 6.42 Å². The van der Waals surface area contributed by atoms with Crippen molar-refractivity contribution in [2.75, 3.05) is 27.2 Å². The first-order valence-electron chi connectivity index (χ1n) is 6.90. The third-order valence-electron chi connectivity index (χ3n) is 3.98. The number of nitrogens with two attached hydrogens (primary N) is 1. The van der Waals surface area contributed by atoms with Gasteiger partial charge in [0.05, 0.1) is 0 Å². The van der Waals surface area contributed by atoms with Gasteiger partial charge < -0.3 is 15.6 Å². The van der Waals surface area contributed by atoms with Crippen LogP contribution in [0.2, 0.25) is 0 Å². The first kappa shape index (κ1) is 12.9. The Morgan fingerprint density at radius 2 is 2.15 bits per heavy atom. The summed E-state index contributed by atoms with van der Waals surface area (Å²) in [6.07, 6.45) is 2.96. The first-order chi connectivity index (χ1) is 9.70. The Hall–Kier alpha value is -2.07. The number of para-hydroxylation sites is 1. The molecule has 2 aromatic rings. The molecule has 0 saturated carbocycles. The predicted molar refractivity (Wildman–Crippen MR) is 84.9 cm³/mol. The third kappa shape index (κ3) is 2.12. The van der Waals surface area contributed by atoms with Gasteiger partial charge in [-0.15, -0.1) is 0 Å². The second-order valence-electron chi connectivity index (χ2n) is 5.30. The Bertz CT molecular complexity index is 693. The molecule has 3 rings (SSSR count). The number of rotatable bonds is 1. The lowest BCUT2D eigenvalue weighted by Gasteiger charge is -2.27. The molecule has 20 heavy (non-hydrogen) atoms.